The fraction of sp³-hybridized carbons (Fsp3) is 0.0435. The number of hydrogen-bond donors (Lipinski definition) is 0. The molecule has 7 nitrogen and oxygen atoms in total. The van der Waals surface area contributed by atoms with Crippen LogP contribution in [0.15, 0.2) is 88.7 Å². The molecule has 0 aliphatic heterocycles. The molecular formula is C23H16N4O3. The zero-order valence-electron chi connectivity index (χ0n) is 16.0. The van der Waals surface area contributed by atoms with E-state index < -0.39 is 5.63 Å². The number of benzene rings is 2. The van der Waals surface area contributed by atoms with Crippen molar-refractivity contribution < 1.29 is 9.15 Å². The van der Waals surface area contributed by atoms with Crippen molar-refractivity contribution >= 4 is 10.9 Å². The van der Waals surface area contributed by atoms with Crippen molar-refractivity contribution in [3.63, 3.8) is 0 Å². The van der Waals surface area contributed by atoms with Crippen molar-refractivity contribution in [3.05, 3.63) is 95.5 Å². The summed E-state index contributed by atoms with van der Waals surface area (Å²) in [7, 11) is 0. The van der Waals surface area contributed by atoms with E-state index in [9.17, 15) is 4.79 Å². The van der Waals surface area contributed by atoms with Crippen molar-refractivity contribution in [3.8, 4) is 28.8 Å². The Kier molecular flexibility index (Phi) is 4.33. The maximum atomic E-state index is 12.8. The summed E-state index contributed by atoms with van der Waals surface area (Å²) in [5.74, 6) is 1.08. The van der Waals surface area contributed by atoms with Gasteiger partial charge in [-0.1, -0.05) is 18.2 Å². The van der Waals surface area contributed by atoms with Gasteiger partial charge in [0, 0.05) is 24.3 Å². The number of aryl methyl sites for hydroxylation is 1. The fourth-order valence-electron chi connectivity index (χ4n) is 3.29. The average molecular weight is 396 g/mol. The minimum Gasteiger partial charge on any atom is -0.438 e. The van der Waals surface area contributed by atoms with Crippen LogP contribution in [0.5, 0.6) is 11.6 Å². The molecule has 146 valence electrons. The second-order valence-corrected chi connectivity index (χ2v) is 6.70. The SMILES string of the molecule is Cc1cc(-n2ccnc2)cc2nc(-c3cccnc3Oc3ccccc3)oc(=O)c12. The lowest BCUT2D eigenvalue weighted by atomic mass is 10.1. The van der Waals surface area contributed by atoms with Gasteiger partial charge in [0.1, 0.15) is 5.75 Å². The molecule has 0 amide bonds. The number of para-hydroxylation sites is 1. The zero-order chi connectivity index (χ0) is 20.5. The highest BCUT2D eigenvalue weighted by Gasteiger charge is 2.17. The summed E-state index contributed by atoms with van der Waals surface area (Å²) in [4.78, 5) is 25.8. The highest BCUT2D eigenvalue weighted by atomic mass is 16.5. The van der Waals surface area contributed by atoms with Crippen LogP contribution in [-0.2, 0) is 0 Å². The standard InChI is InChI=1S/C23H16N4O3/c1-15-12-16(27-11-10-24-14-27)13-19-20(15)23(28)30-22(26-19)18-8-5-9-25-21(18)29-17-6-3-2-4-7-17/h2-14H,1H3. The van der Waals surface area contributed by atoms with Gasteiger partial charge in [0.15, 0.2) is 0 Å². The zero-order valence-corrected chi connectivity index (χ0v) is 16.0. The molecule has 3 heterocycles. The summed E-state index contributed by atoms with van der Waals surface area (Å²) in [5.41, 5.74) is 2.19. The molecule has 5 rings (SSSR count). The maximum absolute atomic E-state index is 12.8. The van der Waals surface area contributed by atoms with Crippen LogP contribution in [0.4, 0.5) is 0 Å². The van der Waals surface area contributed by atoms with E-state index in [2.05, 4.69) is 15.0 Å². The Bertz CT molecular complexity index is 1390. The van der Waals surface area contributed by atoms with E-state index in [1.54, 1.807) is 30.9 Å². The topological polar surface area (TPSA) is 83.0 Å². The molecule has 2 aromatic carbocycles. The van der Waals surface area contributed by atoms with E-state index in [4.69, 9.17) is 9.15 Å². The lowest BCUT2D eigenvalue weighted by Crippen LogP contribution is -2.06. The van der Waals surface area contributed by atoms with Gasteiger partial charge in [0.05, 0.1) is 22.8 Å². The molecule has 0 aliphatic rings. The van der Waals surface area contributed by atoms with Gasteiger partial charge in [0.25, 0.3) is 0 Å². The first-order chi connectivity index (χ1) is 14.7. The predicted octanol–water partition coefficient (Wildman–Crippen LogP) is 4.54. The van der Waals surface area contributed by atoms with Crippen LogP contribution >= 0.6 is 0 Å². The number of ether oxygens (including phenoxy) is 1. The average Bonchev–Trinajstić information content (AvgIpc) is 3.29. The van der Waals surface area contributed by atoms with E-state index in [1.165, 1.54) is 0 Å². The van der Waals surface area contributed by atoms with Crippen LogP contribution in [0.1, 0.15) is 5.56 Å². The highest BCUT2D eigenvalue weighted by Crippen LogP contribution is 2.31. The number of imidazole rings is 1. The Morgan fingerprint density at radius 3 is 2.70 bits per heavy atom. The Balaban J connectivity index is 1.66. The van der Waals surface area contributed by atoms with E-state index >= 15 is 0 Å². The second-order valence-electron chi connectivity index (χ2n) is 6.70. The largest absolute Gasteiger partial charge is 0.438 e. The van der Waals surface area contributed by atoms with Gasteiger partial charge in [0.2, 0.25) is 11.8 Å². The van der Waals surface area contributed by atoms with Gasteiger partial charge < -0.3 is 13.7 Å². The van der Waals surface area contributed by atoms with Crippen LogP contribution in [0.2, 0.25) is 0 Å². The lowest BCUT2D eigenvalue weighted by Gasteiger charge is -2.10. The quantitative estimate of drug-likeness (QED) is 0.444. The Hall–Kier alpha value is -4.26. The molecule has 0 unspecified atom stereocenters. The monoisotopic (exact) mass is 396 g/mol. The summed E-state index contributed by atoms with van der Waals surface area (Å²) < 4.78 is 13.3. The van der Waals surface area contributed by atoms with Gasteiger partial charge in [-0.25, -0.2) is 19.7 Å². The first-order valence-electron chi connectivity index (χ1n) is 9.31. The van der Waals surface area contributed by atoms with Gasteiger partial charge in [-0.2, -0.15) is 0 Å². The normalized spacial score (nSPS) is 11.0. The van der Waals surface area contributed by atoms with Crippen LogP contribution in [-0.4, -0.2) is 19.5 Å². The summed E-state index contributed by atoms with van der Waals surface area (Å²) >= 11 is 0. The maximum Gasteiger partial charge on any atom is 0.347 e. The minimum atomic E-state index is -0.459. The third kappa shape index (κ3) is 3.22. The van der Waals surface area contributed by atoms with Crippen molar-refractivity contribution in [1.29, 1.82) is 0 Å². The predicted molar refractivity (Wildman–Crippen MR) is 112 cm³/mol. The van der Waals surface area contributed by atoms with Crippen molar-refractivity contribution in [2.45, 2.75) is 6.92 Å². The molecule has 0 aliphatic carbocycles. The second kappa shape index (κ2) is 7.29. The molecule has 0 saturated heterocycles. The minimum absolute atomic E-state index is 0.147. The Morgan fingerprint density at radius 2 is 1.90 bits per heavy atom. The van der Waals surface area contributed by atoms with E-state index in [1.807, 2.05) is 60.2 Å². The van der Waals surface area contributed by atoms with Crippen LogP contribution in [0.25, 0.3) is 28.0 Å². The number of fused-ring (bicyclic) bond motifs is 1. The van der Waals surface area contributed by atoms with Crippen molar-refractivity contribution in [2.24, 2.45) is 0 Å². The van der Waals surface area contributed by atoms with Gasteiger partial charge in [-0.15, -0.1) is 0 Å². The van der Waals surface area contributed by atoms with Crippen molar-refractivity contribution in [2.75, 3.05) is 0 Å². The molecule has 0 bridgehead atoms. The lowest BCUT2D eigenvalue weighted by molar-refractivity contribution is 0.457. The van der Waals surface area contributed by atoms with Gasteiger partial charge in [-0.3, -0.25) is 0 Å². The number of nitrogens with zero attached hydrogens (tertiary/aromatic N) is 4. The highest BCUT2D eigenvalue weighted by molar-refractivity contribution is 5.84. The Morgan fingerprint density at radius 1 is 1.03 bits per heavy atom. The summed E-state index contributed by atoms with van der Waals surface area (Å²) in [6.45, 7) is 1.86. The van der Waals surface area contributed by atoms with Gasteiger partial charge in [-0.05, 0) is 48.9 Å². The molecule has 7 heteroatoms. The number of rotatable bonds is 4. The Labute approximate surface area is 171 Å². The summed E-state index contributed by atoms with van der Waals surface area (Å²) in [5, 5.41) is 0.442. The molecule has 30 heavy (non-hydrogen) atoms. The molecule has 0 fully saturated rings. The first-order valence-corrected chi connectivity index (χ1v) is 9.31. The van der Waals surface area contributed by atoms with Crippen LogP contribution in [0, 0.1) is 6.92 Å². The third-order valence-corrected chi connectivity index (χ3v) is 4.68. The third-order valence-electron chi connectivity index (χ3n) is 4.68. The summed E-state index contributed by atoms with van der Waals surface area (Å²) in [6, 6.07) is 16.5. The molecule has 0 saturated carbocycles. The summed E-state index contributed by atoms with van der Waals surface area (Å²) in [6.07, 6.45) is 6.84. The number of aromatic nitrogens is 4. The molecule has 0 radical (unpaired) electrons. The van der Waals surface area contributed by atoms with E-state index in [0.717, 1.165) is 11.3 Å². The van der Waals surface area contributed by atoms with E-state index in [-0.39, 0.29) is 5.89 Å². The molecule has 0 N–H and O–H groups in total. The van der Waals surface area contributed by atoms with E-state index in [0.29, 0.717) is 28.1 Å². The first kappa shape index (κ1) is 17.8. The number of hydrogen-bond acceptors (Lipinski definition) is 6. The van der Waals surface area contributed by atoms with Crippen LogP contribution in [0.3, 0.4) is 0 Å². The van der Waals surface area contributed by atoms with Gasteiger partial charge >= 0.3 is 5.63 Å². The van der Waals surface area contributed by atoms with Crippen molar-refractivity contribution in [1.82, 2.24) is 19.5 Å². The van der Waals surface area contributed by atoms with Crippen LogP contribution < -0.4 is 10.4 Å². The fourth-order valence-corrected chi connectivity index (χ4v) is 3.29. The molecule has 0 spiro atoms. The smallest absolute Gasteiger partial charge is 0.347 e. The number of pyridine rings is 1. The molecule has 3 aromatic heterocycles. The molecular weight excluding hydrogens is 380 g/mol. The molecule has 0 atom stereocenters. The molecule has 5 aromatic rings.